The van der Waals surface area contributed by atoms with Gasteiger partial charge in [0.1, 0.15) is 0 Å². The Kier molecular flexibility index (Phi) is 4.42. The Balaban J connectivity index is 1.48. The lowest BCUT2D eigenvalue weighted by Crippen LogP contribution is -2.06. The molecule has 130 valence electrons. The van der Waals surface area contributed by atoms with Gasteiger partial charge >= 0.3 is 0 Å². The summed E-state index contributed by atoms with van der Waals surface area (Å²) >= 11 is 1.98. The number of rotatable bonds is 5. The number of benzene rings is 1. The molecular weight excluding hydrogens is 328 g/mol. The lowest BCUT2D eigenvalue weighted by atomic mass is 9.98. The van der Waals surface area contributed by atoms with Gasteiger partial charge in [0.25, 0.3) is 0 Å². The molecule has 2 aromatic rings. The van der Waals surface area contributed by atoms with E-state index in [1.54, 1.807) is 6.08 Å². The van der Waals surface area contributed by atoms with Crippen molar-refractivity contribution in [2.75, 3.05) is 5.32 Å². The Hall–Kier alpha value is -2.01. The molecule has 0 saturated heterocycles. The summed E-state index contributed by atoms with van der Waals surface area (Å²) in [7, 11) is 0. The van der Waals surface area contributed by atoms with Crippen molar-refractivity contribution in [3.05, 3.63) is 53.2 Å². The molecule has 1 aromatic carbocycles. The number of nitrogens with one attached hydrogen (secondary N) is 3. The lowest BCUT2D eigenvalue weighted by Gasteiger charge is -2.11. The molecule has 0 bridgehead atoms. The summed E-state index contributed by atoms with van der Waals surface area (Å²) in [6.45, 7) is 5.93. The van der Waals surface area contributed by atoms with Gasteiger partial charge in [-0.15, -0.1) is 0 Å². The van der Waals surface area contributed by atoms with Crippen LogP contribution in [0, 0.1) is 18.3 Å². The number of hydrogen-bond acceptors (Lipinski definition) is 4. The Bertz CT molecular complexity index is 823. The van der Waals surface area contributed by atoms with E-state index < -0.39 is 0 Å². The van der Waals surface area contributed by atoms with E-state index in [-0.39, 0.29) is 0 Å². The fourth-order valence-corrected chi connectivity index (χ4v) is 5.21. The van der Waals surface area contributed by atoms with Crippen LogP contribution in [0.1, 0.15) is 47.6 Å². The van der Waals surface area contributed by atoms with Crippen LogP contribution < -0.4 is 5.32 Å². The van der Waals surface area contributed by atoms with E-state index in [1.807, 2.05) is 11.8 Å². The van der Waals surface area contributed by atoms with Crippen LogP contribution in [0.4, 0.5) is 11.5 Å². The fraction of sp³-hybridized carbons (Fsp3) is 0.400. The van der Waals surface area contributed by atoms with Crippen molar-refractivity contribution in [3.63, 3.8) is 0 Å². The second-order valence-corrected chi connectivity index (χ2v) is 8.05. The highest BCUT2D eigenvalue weighted by atomic mass is 32.2. The largest absolute Gasteiger partial charge is 0.339 e. The second-order valence-electron chi connectivity index (χ2n) is 7.07. The summed E-state index contributed by atoms with van der Waals surface area (Å²) in [6.07, 6.45) is 4.87. The number of allylic oxidation sites excluding steroid dienone is 1. The number of hydrogen-bond donors (Lipinski definition) is 3. The Labute approximate surface area is 153 Å². The zero-order valence-electron chi connectivity index (χ0n) is 14.6. The predicted molar refractivity (Wildman–Crippen MR) is 106 cm³/mol. The van der Waals surface area contributed by atoms with Gasteiger partial charge in [-0.2, -0.15) is 16.9 Å². The number of H-pyrrole nitrogens is 1. The van der Waals surface area contributed by atoms with Gasteiger partial charge in [0.15, 0.2) is 5.82 Å². The molecule has 1 saturated carbocycles. The SMILES string of the molecule is C=CC(=N)C1CCC(c2cc(Nc3ccc4c(c3C)CSC4)n[nH]2)C1. The van der Waals surface area contributed by atoms with E-state index in [4.69, 9.17) is 5.41 Å². The van der Waals surface area contributed by atoms with Gasteiger partial charge in [-0.3, -0.25) is 5.10 Å². The molecule has 1 aromatic heterocycles. The Morgan fingerprint density at radius 3 is 3.12 bits per heavy atom. The molecule has 1 aliphatic carbocycles. The third kappa shape index (κ3) is 3.13. The van der Waals surface area contributed by atoms with Gasteiger partial charge in [-0.25, -0.2) is 0 Å². The maximum atomic E-state index is 7.97. The highest BCUT2D eigenvalue weighted by molar-refractivity contribution is 7.98. The van der Waals surface area contributed by atoms with E-state index in [0.29, 0.717) is 17.5 Å². The minimum atomic E-state index is 0.346. The van der Waals surface area contributed by atoms with Crippen molar-refractivity contribution in [1.82, 2.24) is 10.2 Å². The number of thioether (sulfide) groups is 1. The molecule has 5 heteroatoms. The summed E-state index contributed by atoms with van der Waals surface area (Å²) in [4.78, 5) is 0. The van der Waals surface area contributed by atoms with E-state index >= 15 is 0 Å². The highest BCUT2D eigenvalue weighted by Gasteiger charge is 2.29. The first-order chi connectivity index (χ1) is 12.2. The van der Waals surface area contributed by atoms with Crippen molar-refractivity contribution in [2.45, 2.75) is 43.6 Å². The average molecular weight is 353 g/mol. The summed E-state index contributed by atoms with van der Waals surface area (Å²) in [5.41, 5.74) is 7.29. The van der Waals surface area contributed by atoms with E-state index in [9.17, 15) is 0 Å². The van der Waals surface area contributed by atoms with Crippen LogP contribution in [0.15, 0.2) is 30.9 Å². The maximum Gasteiger partial charge on any atom is 0.152 e. The number of fused-ring (bicyclic) bond motifs is 1. The first kappa shape index (κ1) is 16.5. The standard InChI is InChI=1S/C20H24N4S/c1-3-17(21)13-4-5-14(8-13)19-9-20(24-23-19)22-18-7-6-15-10-25-11-16(15)12(18)2/h3,6-7,9,13-14,21H,1,4-5,8,10-11H2,2H3,(H2,22,23,24). The van der Waals surface area contributed by atoms with Gasteiger partial charge in [0, 0.05) is 46.5 Å². The Morgan fingerprint density at radius 2 is 2.28 bits per heavy atom. The highest BCUT2D eigenvalue weighted by Crippen LogP contribution is 2.39. The van der Waals surface area contributed by atoms with Crippen LogP contribution in [0.25, 0.3) is 0 Å². The molecule has 1 fully saturated rings. The van der Waals surface area contributed by atoms with Crippen LogP contribution in [0.3, 0.4) is 0 Å². The van der Waals surface area contributed by atoms with Crippen LogP contribution in [-0.4, -0.2) is 15.9 Å². The maximum absolute atomic E-state index is 7.97. The monoisotopic (exact) mass is 352 g/mol. The van der Waals surface area contributed by atoms with Crippen LogP contribution in [-0.2, 0) is 11.5 Å². The summed E-state index contributed by atoms with van der Waals surface area (Å²) in [5, 5.41) is 19.1. The zero-order valence-corrected chi connectivity index (χ0v) is 15.4. The van der Waals surface area contributed by atoms with E-state index in [0.717, 1.165) is 42.3 Å². The molecule has 0 spiro atoms. The number of anilines is 2. The van der Waals surface area contributed by atoms with Gasteiger partial charge in [-0.05, 0) is 55.0 Å². The third-order valence-corrected chi connectivity index (χ3v) is 6.60. The van der Waals surface area contributed by atoms with Crippen molar-refractivity contribution in [3.8, 4) is 0 Å². The van der Waals surface area contributed by atoms with Crippen molar-refractivity contribution < 1.29 is 0 Å². The van der Waals surface area contributed by atoms with Gasteiger partial charge in [0.05, 0.1) is 0 Å². The molecule has 4 rings (SSSR count). The first-order valence-corrected chi connectivity index (χ1v) is 10.0. The topological polar surface area (TPSA) is 64.6 Å². The minimum Gasteiger partial charge on any atom is -0.339 e. The summed E-state index contributed by atoms with van der Waals surface area (Å²) in [6, 6.07) is 6.54. The van der Waals surface area contributed by atoms with Crippen molar-refractivity contribution >= 4 is 29.0 Å². The lowest BCUT2D eigenvalue weighted by molar-refractivity contribution is 0.668. The molecule has 2 atom stereocenters. The van der Waals surface area contributed by atoms with Crippen molar-refractivity contribution in [2.24, 2.45) is 5.92 Å². The summed E-state index contributed by atoms with van der Waals surface area (Å²) in [5.74, 6) is 3.93. The van der Waals surface area contributed by atoms with Crippen LogP contribution >= 0.6 is 11.8 Å². The molecule has 0 amide bonds. The number of nitrogens with zero attached hydrogens (tertiary/aromatic N) is 1. The fourth-order valence-electron chi connectivity index (χ4n) is 4.01. The summed E-state index contributed by atoms with van der Waals surface area (Å²) < 4.78 is 0. The predicted octanol–water partition coefficient (Wildman–Crippen LogP) is 5.30. The molecule has 25 heavy (non-hydrogen) atoms. The third-order valence-electron chi connectivity index (χ3n) is 5.59. The van der Waals surface area contributed by atoms with E-state index in [2.05, 4.69) is 47.2 Å². The molecule has 2 heterocycles. The molecule has 1 aliphatic heterocycles. The van der Waals surface area contributed by atoms with Crippen LogP contribution in [0.2, 0.25) is 0 Å². The molecule has 2 aliphatic rings. The molecular formula is C20H24N4S. The first-order valence-electron chi connectivity index (χ1n) is 8.88. The normalized spacial score (nSPS) is 22.0. The van der Waals surface area contributed by atoms with Gasteiger partial charge < -0.3 is 10.7 Å². The smallest absolute Gasteiger partial charge is 0.152 e. The van der Waals surface area contributed by atoms with Gasteiger partial charge in [-0.1, -0.05) is 12.6 Å². The minimum absolute atomic E-state index is 0.346. The molecule has 0 radical (unpaired) electrons. The molecule has 3 N–H and O–H groups in total. The second kappa shape index (κ2) is 6.71. The zero-order chi connectivity index (χ0) is 17.4. The number of aromatic nitrogens is 2. The average Bonchev–Trinajstić information content (AvgIpc) is 3.36. The van der Waals surface area contributed by atoms with Gasteiger partial charge in [0.2, 0.25) is 0 Å². The van der Waals surface area contributed by atoms with Crippen LogP contribution in [0.5, 0.6) is 0 Å². The van der Waals surface area contributed by atoms with E-state index in [1.165, 1.54) is 22.4 Å². The Morgan fingerprint density at radius 1 is 1.40 bits per heavy atom. The molecule has 4 nitrogen and oxygen atoms in total. The molecule has 2 unspecified atom stereocenters. The van der Waals surface area contributed by atoms with Crippen molar-refractivity contribution in [1.29, 1.82) is 5.41 Å². The number of aromatic amines is 1. The quantitative estimate of drug-likeness (QED) is 0.640.